The quantitative estimate of drug-likeness (QED) is 0.539. The molecule has 0 aliphatic carbocycles. The van der Waals surface area contributed by atoms with Crippen LogP contribution in [0.2, 0.25) is 0 Å². The number of hydrogen-bond acceptors (Lipinski definition) is 3. The van der Waals surface area contributed by atoms with Gasteiger partial charge in [0.15, 0.2) is 0 Å². The highest BCUT2D eigenvalue weighted by molar-refractivity contribution is 9.10. The third-order valence-electron chi connectivity index (χ3n) is 3.59. The molecule has 0 aliphatic rings. The third-order valence-corrected chi connectivity index (χ3v) is 4.08. The number of benzene rings is 2. The number of amides is 1. The van der Waals surface area contributed by atoms with Crippen LogP contribution in [0.25, 0.3) is 0 Å². The molecular weight excluding hydrogens is 423 g/mol. The molecule has 2 N–H and O–H groups in total. The summed E-state index contributed by atoms with van der Waals surface area (Å²) in [7, 11) is 0. The number of alkyl halides is 3. The maximum Gasteiger partial charge on any atom is 0.416 e. The van der Waals surface area contributed by atoms with Gasteiger partial charge in [0.25, 0.3) is 5.91 Å². The number of pyridine rings is 1. The van der Waals surface area contributed by atoms with E-state index in [1.54, 1.807) is 12.1 Å². The monoisotopic (exact) mass is 435 g/mol. The van der Waals surface area contributed by atoms with E-state index >= 15 is 0 Å². The van der Waals surface area contributed by atoms with Crippen molar-refractivity contribution in [3.8, 4) is 0 Å². The molecule has 0 unspecified atom stereocenters. The standard InChI is InChI=1S/C19H13BrF3N3O/c20-13-5-2-7-15(11-13)25-17-16(8-3-9-24-17)18(27)26-14-6-1-4-12(10-14)19(21,22)23/h1-11H,(H,24,25)(H,26,27). The van der Waals surface area contributed by atoms with E-state index in [1.807, 2.05) is 18.2 Å². The smallest absolute Gasteiger partial charge is 0.340 e. The molecule has 0 atom stereocenters. The predicted octanol–water partition coefficient (Wildman–Crippen LogP) is 5.86. The fraction of sp³-hybridized carbons (Fsp3) is 0.0526. The first-order valence-electron chi connectivity index (χ1n) is 7.79. The predicted molar refractivity (Wildman–Crippen MR) is 101 cm³/mol. The van der Waals surface area contributed by atoms with Gasteiger partial charge in [-0.1, -0.05) is 28.1 Å². The molecule has 1 aromatic heterocycles. The first kappa shape index (κ1) is 18.9. The minimum absolute atomic E-state index is 0.0482. The summed E-state index contributed by atoms with van der Waals surface area (Å²) >= 11 is 3.36. The summed E-state index contributed by atoms with van der Waals surface area (Å²) in [4.78, 5) is 16.7. The Hall–Kier alpha value is -2.87. The number of carbonyl (C=O) groups excluding carboxylic acids is 1. The van der Waals surface area contributed by atoms with E-state index in [-0.39, 0.29) is 11.3 Å². The van der Waals surface area contributed by atoms with Gasteiger partial charge in [0, 0.05) is 22.0 Å². The van der Waals surface area contributed by atoms with Gasteiger partial charge in [0.05, 0.1) is 11.1 Å². The molecule has 0 radical (unpaired) electrons. The Morgan fingerprint density at radius 3 is 2.44 bits per heavy atom. The van der Waals surface area contributed by atoms with Gasteiger partial charge >= 0.3 is 6.18 Å². The fourth-order valence-electron chi connectivity index (χ4n) is 2.36. The van der Waals surface area contributed by atoms with Crippen LogP contribution in [0.3, 0.4) is 0 Å². The maximum atomic E-state index is 12.8. The summed E-state index contributed by atoms with van der Waals surface area (Å²) in [6.45, 7) is 0. The Kier molecular flexibility index (Phi) is 5.46. The highest BCUT2D eigenvalue weighted by atomic mass is 79.9. The van der Waals surface area contributed by atoms with Crippen molar-refractivity contribution >= 4 is 39.0 Å². The van der Waals surface area contributed by atoms with Crippen LogP contribution in [-0.4, -0.2) is 10.9 Å². The molecule has 0 fully saturated rings. The number of aromatic nitrogens is 1. The second-order valence-electron chi connectivity index (χ2n) is 5.57. The number of halogens is 4. The maximum absolute atomic E-state index is 12.8. The lowest BCUT2D eigenvalue weighted by Gasteiger charge is -2.13. The van der Waals surface area contributed by atoms with Gasteiger partial charge < -0.3 is 10.6 Å². The minimum Gasteiger partial charge on any atom is -0.340 e. The molecule has 0 spiro atoms. The van der Waals surface area contributed by atoms with E-state index in [2.05, 4.69) is 31.5 Å². The van der Waals surface area contributed by atoms with Crippen LogP contribution in [-0.2, 0) is 6.18 Å². The van der Waals surface area contributed by atoms with Crippen molar-refractivity contribution in [2.75, 3.05) is 10.6 Å². The van der Waals surface area contributed by atoms with Gasteiger partial charge in [-0.25, -0.2) is 4.98 Å². The normalized spacial score (nSPS) is 11.1. The van der Waals surface area contributed by atoms with Crippen LogP contribution in [0.4, 0.5) is 30.4 Å². The van der Waals surface area contributed by atoms with E-state index in [0.717, 1.165) is 16.6 Å². The van der Waals surface area contributed by atoms with Crippen molar-refractivity contribution < 1.29 is 18.0 Å². The zero-order chi connectivity index (χ0) is 19.4. The Morgan fingerprint density at radius 1 is 0.963 bits per heavy atom. The minimum atomic E-state index is -4.48. The SMILES string of the molecule is O=C(Nc1cccc(C(F)(F)F)c1)c1cccnc1Nc1cccc(Br)c1. The van der Waals surface area contributed by atoms with Gasteiger partial charge in [0.2, 0.25) is 0 Å². The number of nitrogens with one attached hydrogen (secondary N) is 2. The number of nitrogens with zero attached hydrogens (tertiary/aromatic N) is 1. The number of hydrogen-bond donors (Lipinski definition) is 2. The molecule has 0 aliphatic heterocycles. The van der Waals surface area contributed by atoms with Crippen molar-refractivity contribution in [1.29, 1.82) is 0 Å². The molecule has 27 heavy (non-hydrogen) atoms. The largest absolute Gasteiger partial charge is 0.416 e. The van der Waals surface area contributed by atoms with Crippen molar-refractivity contribution in [3.63, 3.8) is 0 Å². The summed E-state index contributed by atoms with van der Waals surface area (Å²) < 4.78 is 39.3. The molecule has 1 heterocycles. The summed E-state index contributed by atoms with van der Waals surface area (Å²) in [5.41, 5.74) is 0.122. The van der Waals surface area contributed by atoms with E-state index in [4.69, 9.17) is 0 Å². The van der Waals surface area contributed by atoms with Crippen LogP contribution < -0.4 is 10.6 Å². The Morgan fingerprint density at radius 2 is 1.70 bits per heavy atom. The van der Waals surface area contributed by atoms with Crippen LogP contribution in [0, 0.1) is 0 Å². The van der Waals surface area contributed by atoms with E-state index in [1.165, 1.54) is 24.4 Å². The van der Waals surface area contributed by atoms with E-state index < -0.39 is 17.6 Å². The molecule has 3 rings (SSSR count). The number of rotatable bonds is 4. The van der Waals surface area contributed by atoms with Crippen molar-refractivity contribution in [2.24, 2.45) is 0 Å². The van der Waals surface area contributed by atoms with Crippen molar-refractivity contribution in [1.82, 2.24) is 4.98 Å². The van der Waals surface area contributed by atoms with Crippen LogP contribution in [0.5, 0.6) is 0 Å². The molecule has 1 amide bonds. The highest BCUT2D eigenvalue weighted by Crippen LogP contribution is 2.31. The molecular formula is C19H13BrF3N3O. The zero-order valence-electron chi connectivity index (χ0n) is 13.7. The molecule has 0 saturated carbocycles. The van der Waals surface area contributed by atoms with Crippen LogP contribution in [0.1, 0.15) is 15.9 Å². The summed E-state index contributed by atoms with van der Waals surface area (Å²) in [5.74, 6) is -0.278. The highest BCUT2D eigenvalue weighted by Gasteiger charge is 2.30. The Bertz CT molecular complexity index is 976. The van der Waals surface area contributed by atoms with Crippen molar-refractivity contribution in [2.45, 2.75) is 6.18 Å². The average Bonchev–Trinajstić information content (AvgIpc) is 2.62. The Balaban J connectivity index is 1.84. The molecule has 4 nitrogen and oxygen atoms in total. The van der Waals surface area contributed by atoms with Gasteiger partial charge in [-0.2, -0.15) is 13.2 Å². The fourth-order valence-corrected chi connectivity index (χ4v) is 2.76. The first-order chi connectivity index (χ1) is 12.8. The van der Waals surface area contributed by atoms with Gasteiger partial charge in [-0.05, 0) is 48.5 Å². The molecule has 138 valence electrons. The second kappa shape index (κ2) is 7.79. The third kappa shape index (κ3) is 4.85. The zero-order valence-corrected chi connectivity index (χ0v) is 15.3. The second-order valence-corrected chi connectivity index (χ2v) is 6.48. The lowest BCUT2D eigenvalue weighted by atomic mass is 10.1. The van der Waals surface area contributed by atoms with E-state index in [9.17, 15) is 18.0 Å². The molecule has 0 saturated heterocycles. The van der Waals surface area contributed by atoms with E-state index in [0.29, 0.717) is 11.5 Å². The molecule has 2 aromatic carbocycles. The van der Waals surface area contributed by atoms with Crippen LogP contribution >= 0.6 is 15.9 Å². The first-order valence-corrected chi connectivity index (χ1v) is 8.58. The van der Waals surface area contributed by atoms with Crippen molar-refractivity contribution in [3.05, 3.63) is 82.5 Å². The number of carbonyl (C=O) groups is 1. The van der Waals surface area contributed by atoms with Gasteiger partial charge in [-0.3, -0.25) is 4.79 Å². The lowest BCUT2D eigenvalue weighted by Crippen LogP contribution is -2.15. The van der Waals surface area contributed by atoms with Gasteiger partial charge in [-0.15, -0.1) is 0 Å². The molecule has 0 bridgehead atoms. The molecule has 8 heteroatoms. The van der Waals surface area contributed by atoms with Crippen LogP contribution in [0.15, 0.2) is 71.3 Å². The number of anilines is 3. The summed E-state index contributed by atoms with van der Waals surface area (Å²) in [6.07, 6.45) is -2.97. The van der Waals surface area contributed by atoms with Gasteiger partial charge in [0.1, 0.15) is 5.82 Å². The summed E-state index contributed by atoms with van der Waals surface area (Å²) in [5, 5.41) is 5.51. The lowest BCUT2D eigenvalue weighted by molar-refractivity contribution is -0.137. The average molecular weight is 436 g/mol. The topological polar surface area (TPSA) is 54.0 Å². The Labute approximate surface area is 161 Å². The molecule has 3 aromatic rings. The summed E-state index contributed by atoms with van der Waals surface area (Å²) in [6, 6.07) is 14.9.